The summed E-state index contributed by atoms with van der Waals surface area (Å²) in [5.41, 5.74) is 0.336. The zero-order valence-electron chi connectivity index (χ0n) is 15.8. The van der Waals surface area contributed by atoms with Crippen LogP contribution in [0.2, 0.25) is 0 Å². The van der Waals surface area contributed by atoms with Crippen LogP contribution in [0, 0.1) is 11.3 Å². The molecule has 0 radical (unpaired) electrons. The van der Waals surface area contributed by atoms with Crippen molar-refractivity contribution in [1.29, 1.82) is 0 Å². The Balaban J connectivity index is 1.88. The number of ether oxygens (including phenoxy) is 4. The fourth-order valence-electron chi connectivity index (χ4n) is 4.72. The third kappa shape index (κ3) is 3.21. The van der Waals surface area contributed by atoms with Crippen molar-refractivity contribution in [2.45, 2.75) is 70.7 Å². The maximum Gasteiger partial charge on any atom is 0.508 e. The predicted octanol–water partition coefficient (Wildman–Crippen LogP) is 4.25. The molecule has 3 aliphatic rings. The summed E-state index contributed by atoms with van der Waals surface area (Å²) < 4.78 is 21.8. The van der Waals surface area contributed by atoms with E-state index in [9.17, 15) is 9.59 Å². The molecule has 26 heavy (non-hydrogen) atoms. The summed E-state index contributed by atoms with van der Waals surface area (Å²) in [7, 11) is 1.31. The lowest BCUT2D eigenvalue weighted by molar-refractivity contribution is -0.213. The van der Waals surface area contributed by atoms with Gasteiger partial charge in [0, 0.05) is 25.2 Å². The first-order valence-corrected chi connectivity index (χ1v) is 9.34. The van der Waals surface area contributed by atoms with Crippen molar-refractivity contribution in [3.63, 3.8) is 0 Å². The van der Waals surface area contributed by atoms with Crippen molar-refractivity contribution in [2.24, 2.45) is 11.3 Å². The number of carbonyl (C=O) groups excluding carboxylic acids is 2. The fraction of sp³-hybridized carbons (Fsp3) is 0.700. The fourth-order valence-corrected chi connectivity index (χ4v) is 4.72. The Labute approximate surface area is 154 Å². The van der Waals surface area contributed by atoms with Gasteiger partial charge in [0.15, 0.2) is 0 Å². The molecular formula is C20H28O6. The van der Waals surface area contributed by atoms with Crippen LogP contribution < -0.4 is 0 Å². The Morgan fingerprint density at radius 1 is 1.35 bits per heavy atom. The summed E-state index contributed by atoms with van der Waals surface area (Å²) in [5.74, 6) is -0.497. The number of methoxy groups -OCH3 is 1. The number of hydrogen-bond donors (Lipinski definition) is 0. The molecule has 0 amide bonds. The van der Waals surface area contributed by atoms with Gasteiger partial charge in [0.25, 0.3) is 0 Å². The molecule has 0 aromatic rings. The van der Waals surface area contributed by atoms with Crippen molar-refractivity contribution in [2.75, 3.05) is 7.11 Å². The van der Waals surface area contributed by atoms with Crippen LogP contribution in [0.25, 0.3) is 0 Å². The van der Waals surface area contributed by atoms with Gasteiger partial charge in [0.1, 0.15) is 11.9 Å². The van der Waals surface area contributed by atoms with E-state index in [1.54, 1.807) is 13.8 Å². The molecule has 0 aromatic carbocycles. The highest BCUT2D eigenvalue weighted by Gasteiger charge is 2.61. The van der Waals surface area contributed by atoms with Gasteiger partial charge in [-0.15, -0.1) is 6.58 Å². The maximum atomic E-state index is 12.5. The summed E-state index contributed by atoms with van der Waals surface area (Å²) in [5, 5.41) is 0. The van der Waals surface area contributed by atoms with Crippen molar-refractivity contribution in [1.82, 2.24) is 0 Å². The largest absolute Gasteiger partial charge is 0.508 e. The Bertz CT molecular complexity index is 634. The van der Waals surface area contributed by atoms with Crippen LogP contribution in [0.15, 0.2) is 24.0 Å². The molecule has 1 saturated carbocycles. The van der Waals surface area contributed by atoms with Crippen LogP contribution in [0.1, 0.15) is 58.8 Å². The Hall–Kier alpha value is -1.98. The zero-order valence-corrected chi connectivity index (χ0v) is 15.8. The number of fused-ring (bicyclic) bond motifs is 2. The molecule has 0 spiro atoms. The quantitative estimate of drug-likeness (QED) is 0.399. The molecule has 1 aliphatic heterocycles. The molecule has 144 valence electrons. The predicted molar refractivity (Wildman–Crippen MR) is 94.0 cm³/mol. The van der Waals surface area contributed by atoms with E-state index in [0.29, 0.717) is 12.0 Å². The highest BCUT2D eigenvalue weighted by atomic mass is 16.7. The topological polar surface area (TPSA) is 71.1 Å². The van der Waals surface area contributed by atoms with E-state index < -0.39 is 11.9 Å². The Kier molecular flexibility index (Phi) is 5.04. The van der Waals surface area contributed by atoms with E-state index in [4.69, 9.17) is 14.2 Å². The van der Waals surface area contributed by atoms with E-state index in [0.717, 1.165) is 44.3 Å². The van der Waals surface area contributed by atoms with Crippen LogP contribution in [0.3, 0.4) is 0 Å². The van der Waals surface area contributed by atoms with Crippen LogP contribution in [0.4, 0.5) is 4.79 Å². The van der Waals surface area contributed by atoms with Gasteiger partial charge in [-0.25, -0.2) is 9.59 Å². The van der Waals surface area contributed by atoms with Gasteiger partial charge in [0.05, 0.1) is 12.7 Å². The summed E-state index contributed by atoms with van der Waals surface area (Å²) in [6.07, 6.45) is 6.97. The molecule has 0 N–H and O–H groups in total. The minimum absolute atomic E-state index is 0.0248. The van der Waals surface area contributed by atoms with Crippen LogP contribution >= 0.6 is 0 Å². The molecule has 1 fully saturated rings. The van der Waals surface area contributed by atoms with Gasteiger partial charge in [-0.05, 0) is 38.5 Å². The van der Waals surface area contributed by atoms with Crippen molar-refractivity contribution in [3.8, 4) is 0 Å². The second-order valence-corrected chi connectivity index (χ2v) is 7.85. The molecule has 0 saturated heterocycles. The zero-order chi connectivity index (χ0) is 18.9. The first-order chi connectivity index (χ1) is 12.3. The van der Waals surface area contributed by atoms with Crippen LogP contribution in [-0.2, 0) is 23.7 Å². The number of rotatable bonds is 6. The summed E-state index contributed by atoms with van der Waals surface area (Å²) in [6, 6.07) is 0. The molecule has 3 rings (SSSR count). The maximum absolute atomic E-state index is 12.5. The van der Waals surface area contributed by atoms with E-state index in [1.807, 2.05) is 6.08 Å². The van der Waals surface area contributed by atoms with E-state index in [-0.39, 0.29) is 23.4 Å². The van der Waals surface area contributed by atoms with Crippen molar-refractivity contribution in [3.05, 3.63) is 24.0 Å². The van der Waals surface area contributed by atoms with E-state index in [1.165, 1.54) is 7.11 Å². The van der Waals surface area contributed by atoms with Crippen LogP contribution in [0.5, 0.6) is 0 Å². The molecule has 0 unspecified atom stereocenters. The van der Waals surface area contributed by atoms with Gasteiger partial charge < -0.3 is 18.9 Å². The molecule has 0 bridgehead atoms. The normalized spacial score (nSPS) is 31.6. The minimum Gasteiger partial charge on any atom is -0.456 e. The lowest BCUT2D eigenvalue weighted by atomic mass is 9.74. The van der Waals surface area contributed by atoms with Gasteiger partial charge in [-0.1, -0.05) is 12.5 Å². The first kappa shape index (κ1) is 18.8. The highest BCUT2D eigenvalue weighted by molar-refractivity contribution is 5.91. The number of cyclic esters (lactones) is 1. The van der Waals surface area contributed by atoms with Gasteiger partial charge in [-0.3, -0.25) is 0 Å². The summed E-state index contributed by atoms with van der Waals surface area (Å²) in [4.78, 5) is 24.2. The third-order valence-electron chi connectivity index (χ3n) is 5.81. The molecule has 0 aromatic heterocycles. The first-order valence-electron chi connectivity index (χ1n) is 9.34. The van der Waals surface area contributed by atoms with Gasteiger partial charge >= 0.3 is 12.1 Å². The Morgan fingerprint density at radius 3 is 2.81 bits per heavy atom. The van der Waals surface area contributed by atoms with Crippen LogP contribution in [-0.4, -0.2) is 31.1 Å². The molecule has 2 aliphatic carbocycles. The lowest BCUT2D eigenvalue weighted by Gasteiger charge is -2.39. The van der Waals surface area contributed by atoms with Gasteiger partial charge in [0.2, 0.25) is 5.79 Å². The average molecular weight is 364 g/mol. The van der Waals surface area contributed by atoms with E-state index in [2.05, 4.69) is 11.3 Å². The number of carbonyl (C=O) groups is 2. The molecule has 3 atom stereocenters. The molecule has 6 heteroatoms. The minimum atomic E-state index is -0.972. The number of allylic oxidation sites excluding steroid dienone is 2. The monoisotopic (exact) mass is 364 g/mol. The second kappa shape index (κ2) is 6.97. The van der Waals surface area contributed by atoms with Gasteiger partial charge in [-0.2, -0.15) is 0 Å². The molecule has 6 nitrogen and oxygen atoms in total. The smallest absolute Gasteiger partial charge is 0.456 e. The standard InChI is InChI=1S/C20H28O6/c1-5-6-7-8-10-20-11-9-15(24-18(22)23-4)14(20)12-13-16(20)25-19(2,3)26-17(13)21/h5,14-15H,1,6-12H2,2-4H3/t14-,15+,20+/m1/s1. The third-order valence-corrected chi connectivity index (χ3v) is 5.81. The lowest BCUT2D eigenvalue weighted by Crippen LogP contribution is -2.39. The second-order valence-electron chi connectivity index (χ2n) is 7.85. The number of esters is 1. The number of hydrogen-bond acceptors (Lipinski definition) is 6. The number of unbranched alkanes of at least 4 members (excludes halogenated alkanes) is 2. The SMILES string of the molecule is C=CCCCC[C@]12CC[C@H](OC(=O)OC)[C@H]1CC1=C2OC(C)(C)OC1=O. The van der Waals surface area contributed by atoms with Crippen molar-refractivity contribution >= 4 is 12.1 Å². The average Bonchev–Trinajstić information content (AvgIpc) is 3.07. The molecular weight excluding hydrogens is 336 g/mol. The molecule has 1 heterocycles. The van der Waals surface area contributed by atoms with Crippen molar-refractivity contribution < 1.29 is 28.5 Å². The van der Waals surface area contributed by atoms with E-state index >= 15 is 0 Å². The highest BCUT2D eigenvalue weighted by Crippen LogP contribution is 2.62. The Morgan fingerprint density at radius 2 is 2.12 bits per heavy atom. The summed E-state index contributed by atoms with van der Waals surface area (Å²) >= 11 is 0. The summed E-state index contributed by atoms with van der Waals surface area (Å²) in [6.45, 7) is 7.29.